The standard InChI is InChI=1S/C14H15Cl2NS/c1-9-5-6-18-14(9)8-17-10(2)12-4-3-11(15)7-13(12)16/h3-7,10,17H,8H2,1-2H3. The molecule has 0 aliphatic carbocycles. The van der Waals surface area contributed by atoms with Crippen molar-refractivity contribution in [3.05, 3.63) is 55.7 Å². The summed E-state index contributed by atoms with van der Waals surface area (Å²) in [6.45, 7) is 5.11. The molecule has 1 aromatic carbocycles. The summed E-state index contributed by atoms with van der Waals surface area (Å²) in [4.78, 5) is 1.37. The molecule has 0 aliphatic heterocycles. The molecule has 0 saturated heterocycles. The molecule has 1 aromatic heterocycles. The molecule has 0 spiro atoms. The molecule has 0 saturated carbocycles. The minimum absolute atomic E-state index is 0.205. The Kier molecular flexibility index (Phi) is 4.68. The smallest absolute Gasteiger partial charge is 0.0468 e. The normalized spacial score (nSPS) is 12.7. The van der Waals surface area contributed by atoms with Crippen LogP contribution in [0.1, 0.15) is 29.0 Å². The van der Waals surface area contributed by atoms with Crippen LogP contribution in [-0.2, 0) is 6.54 Å². The number of hydrogen-bond donors (Lipinski definition) is 1. The number of rotatable bonds is 4. The Bertz CT molecular complexity index is 536. The second-order valence-electron chi connectivity index (χ2n) is 4.30. The van der Waals surface area contributed by atoms with E-state index in [2.05, 4.69) is 30.6 Å². The molecule has 2 rings (SSSR count). The summed E-state index contributed by atoms with van der Waals surface area (Å²) in [6, 6.07) is 7.98. The lowest BCUT2D eigenvalue weighted by Gasteiger charge is -2.15. The number of nitrogens with one attached hydrogen (secondary N) is 1. The highest BCUT2D eigenvalue weighted by molar-refractivity contribution is 7.10. The van der Waals surface area contributed by atoms with E-state index in [-0.39, 0.29) is 6.04 Å². The highest BCUT2D eigenvalue weighted by Crippen LogP contribution is 2.26. The number of aryl methyl sites for hydroxylation is 1. The fourth-order valence-electron chi connectivity index (χ4n) is 1.79. The molecular formula is C14H15Cl2NS. The van der Waals surface area contributed by atoms with Gasteiger partial charge in [0, 0.05) is 27.5 Å². The third-order valence-corrected chi connectivity index (χ3v) is 4.55. The number of thiophene rings is 1. The summed E-state index contributed by atoms with van der Waals surface area (Å²) in [6.07, 6.45) is 0. The molecule has 2 aromatic rings. The van der Waals surface area contributed by atoms with Gasteiger partial charge in [0.2, 0.25) is 0 Å². The highest BCUT2D eigenvalue weighted by Gasteiger charge is 2.10. The Balaban J connectivity index is 2.03. The summed E-state index contributed by atoms with van der Waals surface area (Å²) < 4.78 is 0. The van der Waals surface area contributed by atoms with E-state index in [9.17, 15) is 0 Å². The molecule has 0 fully saturated rings. The van der Waals surface area contributed by atoms with Crippen LogP contribution in [0.3, 0.4) is 0 Å². The van der Waals surface area contributed by atoms with Gasteiger partial charge in [0.25, 0.3) is 0 Å². The Morgan fingerprint density at radius 2 is 2.06 bits per heavy atom. The summed E-state index contributed by atoms with van der Waals surface area (Å²) in [5.74, 6) is 0. The third-order valence-electron chi connectivity index (χ3n) is 2.97. The van der Waals surface area contributed by atoms with Crippen LogP contribution < -0.4 is 5.32 Å². The van der Waals surface area contributed by atoms with Gasteiger partial charge in [-0.05, 0) is 48.6 Å². The second kappa shape index (κ2) is 6.07. The fourth-order valence-corrected chi connectivity index (χ4v) is 3.22. The predicted molar refractivity (Wildman–Crippen MR) is 80.8 cm³/mol. The van der Waals surface area contributed by atoms with Crippen LogP contribution in [0.2, 0.25) is 10.0 Å². The molecule has 96 valence electrons. The van der Waals surface area contributed by atoms with Crippen molar-refractivity contribution in [2.24, 2.45) is 0 Å². The maximum Gasteiger partial charge on any atom is 0.0468 e. The third kappa shape index (κ3) is 3.27. The van der Waals surface area contributed by atoms with Gasteiger partial charge in [-0.3, -0.25) is 0 Å². The fraction of sp³-hybridized carbons (Fsp3) is 0.286. The quantitative estimate of drug-likeness (QED) is 0.817. The molecule has 0 bridgehead atoms. The van der Waals surface area contributed by atoms with Crippen LogP contribution in [0.4, 0.5) is 0 Å². The topological polar surface area (TPSA) is 12.0 Å². The zero-order chi connectivity index (χ0) is 13.1. The molecule has 0 aliphatic rings. The minimum Gasteiger partial charge on any atom is -0.305 e. The average Bonchev–Trinajstić information content (AvgIpc) is 2.72. The molecule has 18 heavy (non-hydrogen) atoms. The summed E-state index contributed by atoms with van der Waals surface area (Å²) in [5.41, 5.74) is 2.41. The van der Waals surface area contributed by atoms with Crippen LogP contribution in [-0.4, -0.2) is 0 Å². The van der Waals surface area contributed by atoms with Crippen molar-refractivity contribution in [1.82, 2.24) is 5.32 Å². The lowest BCUT2D eigenvalue weighted by atomic mass is 10.1. The van der Waals surface area contributed by atoms with Gasteiger partial charge in [-0.25, -0.2) is 0 Å². The first-order chi connectivity index (χ1) is 8.58. The average molecular weight is 300 g/mol. The van der Waals surface area contributed by atoms with Crippen LogP contribution in [0.25, 0.3) is 0 Å². The van der Waals surface area contributed by atoms with Gasteiger partial charge in [0.1, 0.15) is 0 Å². The minimum atomic E-state index is 0.205. The van der Waals surface area contributed by atoms with E-state index in [1.807, 2.05) is 12.1 Å². The molecule has 1 atom stereocenters. The molecule has 1 nitrogen and oxygen atoms in total. The molecule has 1 unspecified atom stereocenters. The number of hydrogen-bond acceptors (Lipinski definition) is 2. The predicted octanol–water partition coefficient (Wildman–Crippen LogP) is 5.21. The monoisotopic (exact) mass is 299 g/mol. The van der Waals surface area contributed by atoms with E-state index < -0.39 is 0 Å². The Labute approximate surface area is 122 Å². The van der Waals surface area contributed by atoms with Gasteiger partial charge in [-0.15, -0.1) is 11.3 Å². The van der Waals surface area contributed by atoms with Crippen molar-refractivity contribution in [2.45, 2.75) is 26.4 Å². The summed E-state index contributed by atoms with van der Waals surface area (Å²) >= 11 is 13.9. The first kappa shape index (κ1) is 13.9. The van der Waals surface area contributed by atoms with Gasteiger partial charge >= 0.3 is 0 Å². The van der Waals surface area contributed by atoms with Gasteiger partial charge in [-0.1, -0.05) is 29.3 Å². The van der Waals surface area contributed by atoms with Crippen LogP contribution in [0.15, 0.2) is 29.6 Å². The number of benzene rings is 1. The van der Waals surface area contributed by atoms with Crippen LogP contribution >= 0.6 is 34.5 Å². The number of halogens is 2. The maximum atomic E-state index is 6.19. The van der Waals surface area contributed by atoms with E-state index in [1.165, 1.54) is 10.4 Å². The van der Waals surface area contributed by atoms with Gasteiger partial charge in [0.05, 0.1) is 0 Å². The highest BCUT2D eigenvalue weighted by atomic mass is 35.5. The lowest BCUT2D eigenvalue weighted by Crippen LogP contribution is -2.18. The SMILES string of the molecule is Cc1ccsc1CNC(C)c1ccc(Cl)cc1Cl. The molecule has 1 N–H and O–H groups in total. The zero-order valence-electron chi connectivity index (χ0n) is 10.3. The largest absolute Gasteiger partial charge is 0.305 e. The molecular weight excluding hydrogens is 285 g/mol. The van der Waals surface area contributed by atoms with Crippen molar-refractivity contribution in [1.29, 1.82) is 0 Å². The Morgan fingerprint density at radius 3 is 2.67 bits per heavy atom. The summed E-state index contributed by atoms with van der Waals surface area (Å²) in [5, 5.41) is 6.99. The second-order valence-corrected chi connectivity index (χ2v) is 6.14. The van der Waals surface area contributed by atoms with Gasteiger partial charge < -0.3 is 5.32 Å². The molecule has 0 radical (unpaired) electrons. The van der Waals surface area contributed by atoms with Gasteiger partial charge in [0.15, 0.2) is 0 Å². The maximum absolute atomic E-state index is 6.19. The first-order valence-corrected chi connectivity index (χ1v) is 7.43. The van der Waals surface area contributed by atoms with Crippen LogP contribution in [0.5, 0.6) is 0 Å². The van der Waals surface area contributed by atoms with Crippen molar-refractivity contribution in [2.75, 3.05) is 0 Å². The van der Waals surface area contributed by atoms with E-state index in [4.69, 9.17) is 23.2 Å². The van der Waals surface area contributed by atoms with E-state index in [0.29, 0.717) is 10.0 Å². The van der Waals surface area contributed by atoms with Gasteiger partial charge in [-0.2, -0.15) is 0 Å². The molecule has 0 amide bonds. The molecule has 1 heterocycles. The van der Waals surface area contributed by atoms with Crippen molar-refractivity contribution >= 4 is 34.5 Å². The molecule has 4 heteroatoms. The van der Waals surface area contributed by atoms with Crippen LogP contribution in [0, 0.1) is 6.92 Å². The van der Waals surface area contributed by atoms with Crippen molar-refractivity contribution in [3.8, 4) is 0 Å². The zero-order valence-corrected chi connectivity index (χ0v) is 12.7. The van der Waals surface area contributed by atoms with E-state index >= 15 is 0 Å². The van der Waals surface area contributed by atoms with E-state index in [0.717, 1.165) is 12.1 Å². The van der Waals surface area contributed by atoms with Crippen molar-refractivity contribution < 1.29 is 0 Å². The van der Waals surface area contributed by atoms with Crippen molar-refractivity contribution in [3.63, 3.8) is 0 Å². The lowest BCUT2D eigenvalue weighted by molar-refractivity contribution is 0.578. The van der Waals surface area contributed by atoms with E-state index in [1.54, 1.807) is 17.4 Å². The Hall–Kier alpha value is -0.540. The summed E-state index contributed by atoms with van der Waals surface area (Å²) in [7, 11) is 0. The Morgan fingerprint density at radius 1 is 1.28 bits per heavy atom. The first-order valence-electron chi connectivity index (χ1n) is 5.79.